The molecule has 1 amide bonds. The van der Waals surface area contributed by atoms with E-state index in [9.17, 15) is 4.79 Å². The molecule has 0 aliphatic heterocycles. The number of para-hydroxylation sites is 1. The van der Waals surface area contributed by atoms with E-state index in [1.54, 1.807) is 7.05 Å². The molecule has 0 aliphatic rings. The van der Waals surface area contributed by atoms with E-state index < -0.39 is 0 Å². The summed E-state index contributed by atoms with van der Waals surface area (Å²) in [6, 6.07) is 17.5. The van der Waals surface area contributed by atoms with Crippen LogP contribution in [0.1, 0.15) is 11.1 Å². The van der Waals surface area contributed by atoms with Crippen molar-refractivity contribution in [3.63, 3.8) is 0 Å². The number of hydrogen-bond donors (Lipinski definition) is 0. The first kappa shape index (κ1) is 15.1. The quantitative estimate of drug-likeness (QED) is 0.766. The number of rotatable bonds is 6. The lowest BCUT2D eigenvalue weighted by atomic mass is 10.1. The van der Waals surface area contributed by atoms with Gasteiger partial charge in [0.2, 0.25) is 5.91 Å². The maximum absolute atomic E-state index is 11.9. The summed E-state index contributed by atoms with van der Waals surface area (Å²) in [4.78, 5) is 16.8. The molecule has 0 saturated carbocycles. The van der Waals surface area contributed by atoms with Crippen LogP contribution >= 0.6 is 0 Å². The fourth-order valence-corrected chi connectivity index (χ4v) is 1.90. The summed E-state index contributed by atoms with van der Waals surface area (Å²) in [5.41, 5.74) is 1.94. The second kappa shape index (κ2) is 7.45. The molecule has 0 aromatic heterocycles. The Morgan fingerprint density at radius 2 is 1.71 bits per heavy atom. The van der Waals surface area contributed by atoms with Gasteiger partial charge in [0, 0.05) is 12.6 Å². The number of hydrogen-bond acceptors (Lipinski definition) is 3. The van der Waals surface area contributed by atoms with Gasteiger partial charge < -0.3 is 4.74 Å². The van der Waals surface area contributed by atoms with Crippen LogP contribution in [-0.2, 0) is 22.7 Å². The number of ether oxygens (including phenoxy) is 1. The summed E-state index contributed by atoms with van der Waals surface area (Å²) in [6.45, 7) is 0.478. The number of carbonyl (C=O) groups excluding carboxylic acids is 1. The Kier molecular flexibility index (Phi) is 5.35. The number of benzene rings is 2. The molecule has 0 unspecified atom stereocenters. The maximum Gasteiger partial charge on any atom is 0.250 e. The monoisotopic (exact) mass is 285 g/mol. The molecule has 4 heteroatoms. The third-order valence-corrected chi connectivity index (χ3v) is 3.18. The maximum atomic E-state index is 11.9. The van der Waals surface area contributed by atoms with Gasteiger partial charge in [0.25, 0.3) is 0 Å². The molecular weight excluding hydrogens is 266 g/mol. The minimum Gasteiger partial charge on any atom is -0.489 e. The van der Waals surface area contributed by atoms with Crippen molar-refractivity contribution in [3.8, 4) is 5.75 Å². The van der Waals surface area contributed by atoms with E-state index in [0.717, 1.165) is 16.9 Å². The number of likely N-dealkylation sites (N-methyl/N-ethyl adjacent to an activating group) is 1. The average Bonchev–Trinajstić information content (AvgIpc) is 2.54. The van der Waals surface area contributed by atoms with Gasteiger partial charge in [0.05, 0.1) is 13.5 Å². The van der Waals surface area contributed by atoms with Gasteiger partial charge in [-0.3, -0.25) is 9.63 Å². The number of amides is 1. The van der Waals surface area contributed by atoms with Crippen molar-refractivity contribution in [2.24, 2.45) is 0 Å². The minimum absolute atomic E-state index is 0.117. The molecule has 2 rings (SSSR count). The van der Waals surface area contributed by atoms with E-state index in [4.69, 9.17) is 9.57 Å². The third kappa shape index (κ3) is 4.33. The molecule has 2 aromatic rings. The van der Waals surface area contributed by atoms with Crippen molar-refractivity contribution in [3.05, 3.63) is 65.7 Å². The largest absolute Gasteiger partial charge is 0.489 e. The summed E-state index contributed by atoms with van der Waals surface area (Å²) in [7, 11) is 3.06. The van der Waals surface area contributed by atoms with Crippen LogP contribution in [0.25, 0.3) is 0 Å². The Bertz CT molecular complexity index is 584. The summed E-state index contributed by atoms with van der Waals surface area (Å²) < 4.78 is 5.83. The van der Waals surface area contributed by atoms with E-state index in [1.807, 2.05) is 54.6 Å². The Hall–Kier alpha value is -2.33. The second-order valence-corrected chi connectivity index (χ2v) is 4.63. The molecule has 0 N–H and O–H groups in total. The minimum atomic E-state index is -0.117. The molecule has 0 spiro atoms. The predicted molar refractivity (Wildman–Crippen MR) is 80.7 cm³/mol. The van der Waals surface area contributed by atoms with Crippen LogP contribution in [0.2, 0.25) is 0 Å². The van der Waals surface area contributed by atoms with Gasteiger partial charge in [-0.05, 0) is 11.6 Å². The van der Waals surface area contributed by atoms with Crippen molar-refractivity contribution in [2.75, 3.05) is 14.2 Å². The van der Waals surface area contributed by atoms with Crippen LogP contribution < -0.4 is 4.74 Å². The fourth-order valence-electron chi connectivity index (χ4n) is 1.90. The van der Waals surface area contributed by atoms with Crippen LogP contribution in [0.4, 0.5) is 0 Å². The number of carbonyl (C=O) groups is 1. The lowest BCUT2D eigenvalue weighted by Gasteiger charge is -2.15. The predicted octanol–water partition coefficient (Wildman–Crippen LogP) is 2.83. The molecule has 0 bridgehead atoms. The van der Waals surface area contributed by atoms with Crippen LogP contribution in [0.15, 0.2) is 54.6 Å². The van der Waals surface area contributed by atoms with Gasteiger partial charge in [-0.15, -0.1) is 0 Å². The zero-order valence-electron chi connectivity index (χ0n) is 12.3. The summed E-state index contributed by atoms with van der Waals surface area (Å²) >= 11 is 0. The summed E-state index contributed by atoms with van der Waals surface area (Å²) in [5, 5.41) is 1.22. The second-order valence-electron chi connectivity index (χ2n) is 4.63. The first-order chi connectivity index (χ1) is 10.2. The van der Waals surface area contributed by atoms with E-state index in [-0.39, 0.29) is 12.3 Å². The average molecular weight is 285 g/mol. The van der Waals surface area contributed by atoms with Crippen molar-refractivity contribution in [1.82, 2.24) is 5.06 Å². The zero-order valence-corrected chi connectivity index (χ0v) is 12.3. The molecule has 0 fully saturated rings. The lowest BCUT2D eigenvalue weighted by molar-refractivity contribution is -0.167. The standard InChI is InChI=1S/C17H19NO3/c1-18(20-2)17(19)12-15-10-6-7-11-16(15)21-13-14-8-4-3-5-9-14/h3-11H,12-13H2,1-2H3. The molecule has 0 aliphatic carbocycles. The smallest absolute Gasteiger partial charge is 0.250 e. The van der Waals surface area contributed by atoms with Crippen molar-refractivity contribution in [2.45, 2.75) is 13.0 Å². The molecule has 0 radical (unpaired) electrons. The van der Waals surface area contributed by atoms with Crippen molar-refractivity contribution in [1.29, 1.82) is 0 Å². The highest BCUT2D eigenvalue weighted by molar-refractivity contribution is 5.78. The SMILES string of the molecule is CON(C)C(=O)Cc1ccccc1OCc1ccccc1. The van der Waals surface area contributed by atoms with Crippen LogP contribution in [0.3, 0.4) is 0 Å². The van der Waals surface area contributed by atoms with Crippen LogP contribution in [-0.4, -0.2) is 25.1 Å². The number of hydroxylamine groups is 2. The molecule has 0 atom stereocenters. The molecule has 4 nitrogen and oxygen atoms in total. The van der Waals surface area contributed by atoms with Crippen LogP contribution in [0.5, 0.6) is 5.75 Å². The molecule has 2 aromatic carbocycles. The first-order valence-corrected chi connectivity index (χ1v) is 6.76. The zero-order chi connectivity index (χ0) is 15.1. The van der Waals surface area contributed by atoms with E-state index in [1.165, 1.54) is 12.2 Å². The molecule has 110 valence electrons. The summed E-state index contributed by atoms with van der Waals surface area (Å²) in [6.07, 6.45) is 0.245. The molecule has 21 heavy (non-hydrogen) atoms. The molecule has 0 saturated heterocycles. The highest BCUT2D eigenvalue weighted by atomic mass is 16.7. The van der Waals surface area contributed by atoms with Gasteiger partial charge in [-0.25, -0.2) is 5.06 Å². The Balaban J connectivity index is 2.05. The van der Waals surface area contributed by atoms with Gasteiger partial charge >= 0.3 is 0 Å². The normalized spacial score (nSPS) is 10.2. The Morgan fingerprint density at radius 1 is 1.05 bits per heavy atom. The topological polar surface area (TPSA) is 38.8 Å². The highest BCUT2D eigenvalue weighted by Gasteiger charge is 2.12. The third-order valence-electron chi connectivity index (χ3n) is 3.18. The van der Waals surface area contributed by atoms with Crippen molar-refractivity contribution < 1.29 is 14.4 Å². The molecular formula is C17H19NO3. The van der Waals surface area contributed by atoms with Crippen molar-refractivity contribution >= 4 is 5.91 Å². The first-order valence-electron chi connectivity index (χ1n) is 6.76. The van der Waals surface area contributed by atoms with E-state index in [0.29, 0.717) is 6.61 Å². The highest BCUT2D eigenvalue weighted by Crippen LogP contribution is 2.20. The van der Waals surface area contributed by atoms with Gasteiger partial charge in [0.1, 0.15) is 12.4 Å². The Labute approximate surface area is 124 Å². The summed E-state index contributed by atoms with van der Waals surface area (Å²) in [5.74, 6) is 0.604. The van der Waals surface area contributed by atoms with Gasteiger partial charge in [0.15, 0.2) is 0 Å². The fraction of sp³-hybridized carbons (Fsp3) is 0.235. The lowest BCUT2D eigenvalue weighted by Crippen LogP contribution is -2.27. The van der Waals surface area contributed by atoms with E-state index >= 15 is 0 Å². The van der Waals surface area contributed by atoms with Gasteiger partial charge in [-0.2, -0.15) is 0 Å². The molecule has 0 heterocycles. The van der Waals surface area contributed by atoms with E-state index in [2.05, 4.69) is 0 Å². The van der Waals surface area contributed by atoms with Crippen LogP contribution in [0, 0.1) is 0 Å². The Morgan fingerprint density at radius 3 is 2.43 bits per heavy atom. The number of nitrogens with zero attached hydrogens (tertiary/aromatic N) is 1. The van der Waals surface area contributed by atoms with Gasteiger partial charge in [-0.1, -0.05) is 48.5 Å².